The Kier molecular flexibility index (Phi) is 7.50. The van der Waals surface area contributed by atoms with Crippen LogP contribution in [0, 0.1) is 20.8 Å². The maximum atomic E-state index is 13.6. The summed E-state index contributed by atoms with van der Waals surface area (Å²) in [5, 5.41) is 3.18. The van der Waals surface area contributed by atoms with E-state index in [2.05, 4.69) is 29.3 Å². The Morgan fingerprint density at radius 2 is 1.87 bits per heavy atom. The maximum Gasteiger partial charge on any atom is 0.308 e. The predicted octanol–water partition coefficient (Wildman–Crippen LogP) is 5.27. The lowest BCUT2D eigenvalue weighted by atomic mass is 9.91. The fraction of sp³-hybridized carbons (Fsp3) is 0.462. The van der Waals surface area contributed by atoms with Gasteiger partial charge in [-0.3, -0.25) is 14.5 Å². The number of fused-ring (bicyclic) bond motifs is 1. The number of benzene rings is 2. The first-order valence-corrected chi connectivity index (χ1v) is 11.2. The second-order valence-corrected chi connectivity index (χ2v) is 8.50. The second kappa shape index (κ2) is 10.1. The van der Waals surface area contributed by atoms with E-state index < -0.39 is 0 Å². The van der Waals surface area contributed by atoms with Crippen LogP contribution in [0.3, 0.4) is 0 Å². The minimum absolute atomic E-state index is 0.00853. The van der Waals surface area contributed by atoms with Gasteiger partial charge in [-0.15, -0.1) is 0 Å². The molecule has 5 nitrogen and oxygen atoms in total. The molecule has 166 valence electrons. The third-order valence-corrected chi connectivity index (χ3v) is 6.21. The Labute approximate surface area is 185 Å². The number of hydrogen-bond acceptors (Lipinski definition) is 4. The van der Waals surface area contributed by atoms with Crippen LogP contribution in [-0.2, 0) is 16.0 Å². The lowest BCUT2D eigenvalue weighted by Crippen LogP contribution is -2.42. The van der Waals surface area contributed by atoms with Gasteiger partial charge >= 0.3 is 5.97 Å². The highest BCUT2D eigenvalue weighted by Crippen LogP contribution is 2.35. The van der Waals surface area contributed by atoms with Crippen molar-refractivity contribution in [3.05, 3.63) is 58.1 Å². The van der Waals surface area contributed by atoms with Gasteiger partial charge in [0.25, 0.3) is 0 Å². The molecular weight excluding hydrogens is 388 g/mol. The minimum Gasteiger partial charge on any atom is -0.426 e. The molecule has 1 amide bonds. The molecule has 1 heterocycles. The van der Waals surface area contributed by atoms with Crippen molar-refractivity contribution >= 4 is 17.6 Å². The van der Waals surface area contributed by atoms with E-state index in [9.17, 15) is 9.59 Å². The van der Waals surface area contributed by atoms with E-state index in [4.69, 9.17) is 4.74 Å². The molecule has 3 rings (SSSR count). The number of unbranched alkanes of at least 4 members (excludes halogenated alkanes) is 2. The molecule has 0 aromatic heterocycles. The van der Waals surface area contributed by atoms with Crippen molar-refractivity contribution in [2.75, 3.05) is 18.4 Å². The highest BCUT2D eigenvalue weighted by atomic mass is 16.5. The number of anilines is 1. The van der Waals surface area contributed by atoms with Gasteiger partial charge in [0.05, 0.1) is 0 Å². The van der Waals surface area contributed by atoms with E-state index in [1.165, 1.54) is 18.9 Å². The molecule has 0 saturated heterocycles. The third-order valence-electron chi connectivity index (χ3n) is 6.21. The Morgan fingerprint density at radius 3 is 2.58 bits per heavy atom. The Morgan fingerprint density at radius 1 is 1.13 bits per heavy atom. The summed E-state index contributed by atoms with van der Waals surface area (Å²) in [6.45, 7) is 11.2. The quantitative estimate of drug-likeness (QED) is 0.375. The third kappa shape index (κ3) is 5.16. The topological polar surface area (TPSA) is 58.6 Å². The lowest BCUT2D eigenvalue weighted by Gasteiger charge is -2.36. The van der Waals surface area contributed by atoms with Crippen LogP contribution >= 0.6 is 0 Å². The van der Waals surface area contributed by atoms with E-state index in [0.29, 0.717) is 5.75 Å². The Balaban J connectivity index is 1.90. The number of carbonyl (C=O) groups excluding carboxylic acids is 2. The van der Waals surface area contributed by atoms with Crippen LogP contribution in [0.25, 0.3) is 0 Å². The number of nitrogens with one attached hydrogen (secondary N) is 1. The fourth-order valence-electron chi connectivity index (χ4n) is 4.42. The first-order valence-electron chi connectivity index (χ1n) is 11.2. The molecule has 1 N–H and O–H groups in total. The molecular formula is C26H34N2O3. The van der Waals surface area contributed by atoms with E-state index in [1.54, 1.807) is 0 Å². The van der Waals surface area contributed by atoms with Crippen molar-refractivity contribution in [3.63, 3.8) is 0 Å². The smallest absolute Gasteiger partial charge is 0.308 e. The van der Waals surface area contributed by atoms with Crippen molar-refractivity contribution in [2.45, 2.75) is 66.3 Å². The summed E-state index contributed by atoms with van der Waals surface area (Å²) < 4.78 is 5.39. The fourth-order valence-corrected chi connectivity index (χ4v) is 4.42. The van der Waals surface area contributed by atoms with Crippen LogP contribution in [0.4, 0.5) is 5.69 Å². The average Bonchev–Trinajstić information content (AvgIpc) is 2.74. The van der Waals surface area contributed by atoms with Gasteiger partial charge in [-0.05, 0) is 74.0 Å². The van der Waals surface area contributed by atoms with Crippen LogP contribution in [0.5, 0.6) is 5.75 Å². The Bertz CT molecular complexity index is 967. The van der Waals surface area contributed by atoms with Crippen molar-refractivity contribution in [1.82, 2.24) is 4.90 Å². The first-order chi connectivity index (χ1) is 14.8. The molecule has 0 aliphatic carbocycles. The number of amides is 1. The summed E-state index contributed by atoms with van der Waals surface area (Å²) in [6.07, 6.45) is 4.40. The molecule has 1 atom stereocenters. The predicted molar refractivity (Wildman–Crippen MR) is 125 cm³/mol. The van der Waals surface area contributed by atoms with Crippen molar-refractivity contribution in [1.29, 1.82) is 0 Å². The molecule has 2 aromatic carbocycles. The molecule has 5 heteroatoms. The molecule has 1 unspecified atom stereocenters. The maximum absolute atomic E-state index is 13.6. The summed E-state index contributed by atoms with van der Waals surface area (Å²) in [5.41, 5.74) is 5.74. The van der Waals surface area contributed by atoms with Crippen molar-refractivity contribution < 1.29 is 14.3 Å². The van der Waals surface area contributed by atoms with Crippen molar-refractivity contribution in [3.8, 4) is 5.75 Å². The number of aryl methyl sites for hydroxylation is 1. The zero-order valence-electron chi connectivity index (χ0n) is 19.4. The summed E-state index contributed by atoms with van der Waals surface area (Å²) in [5.74, 6) is 0.224. The van der Waals surface area contributed by atoms with Gasteiger partial charge in [0.1, 0.15) is 11.8 Å². The lowest BCUT2D eigenvalue weighted by molar-refractivity contribution is -0.132. The zero-order valence-corrected chi connectivity index (χ0v) is 19.4. The van der Waals surface area contributed by atoms with Crippen LogP contribution < -0.4 is 10.1 Å². The molecule has 0 radical (unpaired) electrons. The summed E-state index contributed by atoms with van der Waals surface area (Å²) in [6, 6.07) is 9.88. The molecule has 0 bridgehead atoms. The SMILES string of the molecule is CCCCCN1CCc2ccccc2C1C(=O)Nc1cc(C)c(OC(C)=O)c(C)c1C. The monoisotopic (exact) mass is 422 g/mol. The van der Waals surface area contributed by atoms with Crippen LogP contribution in [-0.4, -0.2) is 29.9 Å². The highest BCUT2D eigenvalue weighted by Gasteiger charge is 2.33. The molecule has 0 fully saturated rings. The van der Waals surface area contributed by atoms with Gasteiger partial charge in [-0.25, -0.2) is 0 Å². The molecule has 31 heavy (non-hydrogen) atoms. The summed E-state index contributed by atoms with van der Waals surface area (Å²) in [4.78, 5) is 27.3. The van der Waals surface area contributed by atoms with E-state index >= 15 is 0 Å². The largest absolute Gasteiger partial charge is 0.426 e. The van der Waals surface area contributed by atoms with E-state index in [0.717, 1.165) is 60.3 Å². The summed E-state index contributed by atoms with van der Waals surface area (Å²) >= 11 is 0. The van der Waals surface area contributed by atoms with Gasteiger partial charge in [-0.2, -0.15) is 0 Å². The number of hydrogen-bond donors (Lipinski definition) is 1. The zero-order chi connectivity index (χ0) is 22.5. The molecule has 2 aromatic rings. The normalized spacial score (nSPS) is 16.0. The number of esters is 1. The average molecular weight is 423 g/mol. The molecule has 1 aliphatic rings. The number of rotatable bonds is 7. The highest BCUT2D eigenvalue weighted by molar-refractivity contribution is 5.97. The molecule has 0 spiro atoms. The number of ether oxygens (including phenoxy) is 1. The van der Waals surface area contributed by atoms with E-state index in [-0.39, 0.29) is 17.9 Å². The number of nitrogens with zero attached hydrogens (tertiary/aromatic N) is 1. The van der Waals surface area contributed by atoms with Gasteiger partial charge in [0, 0.05) is 19.2 Å². The van der Waals surface area contributed by atoms with Gasteiger partial charge in [0.15, 0.2) is 0 Å². The van der Waals surface area contributed by atoms with Gasteiger partial charge < -0.3 is 10.1 Å². The second-order valence-electron chi connectivity index (χ2n) is 8.50. The Hall–Kier alpha value is -2.66. The minimum atomic E-state index is -0.344. The van der Waals surface area contributed by atoms with Crippen LogP contribution in [0.15, 0.2) is 30.3 Å². The molecule has 0 saturated carbocycles. The van der Waals surface area contributed by atoms with Crippen molar-refractivity contribution in [2.24, 2.45) is 0 Å². The summed E-state index contributed by atoms with van der Waals surface area (Å²) in [7, 11) is 0. The van der Waals surface area contributed by atoms with Crippen LogP contribution in [0.1, 0.15) is 67.0 Å². The van der Waals surface area contributed by atoms with Crippen LogP contribution in [0.2, 0.25) is 0 Å². The van der Waals surface area contributed by atoms with E-state index in [1.807, 2.05) is 39.0 Å². The van der Waals surface area contributed by atoms with Gasteiger partial charge in [-0.1, -0.05) is 44.0 Å². The standard InChI is InChI=1S/C26H34N2O3/c1-6-7-10-14-28-15-13-21-11-8-9-12-22(21)24(28)26(30)27-23-16-17(2)25(31-20(5)29)19(4)18(23)3/h8-9,11-12,16,24H,6-7,10,13-15H2,1-5H3,(H,27,30). The first kappa shape index (κ1) is 23.0. The van der Waals surface area contributed by atoms with Gasteiger partial charge in [0.2, 0.25) is 5.91 Å². The molecule has 1 aliphatic heterocycles. The number of carbonyl (C=O) groups is 2.